The number of ketones is 2. The van der Waals surface area contributed by atoms with Crippen molar-refractivity contribution in [3.63, 3.8) is 0 Å². The fourth-order valence-electron chi connectivity index (χ4n) is 5.50. The van der Waals surface area contributed by atoms with Gasteiger partial charge in [-0.3, -0.25) is 19.2 Å². The number of unbranched alkanes of at least 4 members (excludes halogenated alkanes) is 1. The molecule has 6 atom stereocenters. The maximum absolute atomic E-state index is 13.8. The first-order chi connectivity index (χ1) is 13.8. The average Bonchev–Trinajstić information content (AvgIpc) is 2.83. The highest BCUT2D eigenvalue weighted by molar-refractivity contribution is 6.02. The van der Waals surface area contributed by atoms with Gasteiger partial charge in [0.15, 0.2) is 11.6 Å². The number of fused-ring (bicyclic) bond motifs is 2. The summed E-state index contributed by atoms with van der Waals surface area (Å²) in [5, 5.41) is 9.05. The fraction of sp³-hybridized carbons (Fsp3) is 0.818. The van der Waals surface area contributed by atoms with Crippen LogP contribution in [0.4, 0.5) is 0 Å². The molecule has 3 rings (SSSR count). The van der Waals surface area contributed by atoms with Crippen molar-refractivity contribution in [3.8, 4) is 0 Å². The van der Waals surface area contributed by atoms with E-state index >= 15 is 0 Å². The Bertz CT molecular complexity index is 679. The first kappa shape index (κ1) is 21.9. The predicted octanol–water partition coefficient (Wildman–Crippen LogP) is 1.49. The maximum atomic E-state index is 13.8. The maximum Gasteiger partial charge on any atom is 0.237 e. The molecule has 2 bridgehead atoms. The lowest BCUT2D eigenvalue weighted by Crippen LogP contribution is -2.67. The van der Waals surface area contributed by atoms with Crippen molar-refractivity contribution in [1.82, 2.24) is 16.0 Å². The van der Waals surface area contributed by atoms with E-state index in [0.29, 0.717) is 32.2 Å². The Morgan fingerprint density at radius 1 is 1.17 bits per heavy atom. The number of carbonyl (C=O) groups excluding carboxylic acids is 4. The standard InChI is InChI=1S/C22H35N3O4/c1-4-6-8-14-20(28)25-16(12-23-14)19(27)22-10-7-9-17(26)15(11-22)24-21(29)18(22)13(3)5-2/h13-16,18,23H,4-12H2,1-3H3,(H,24,29)(H,25,28)/t13-,14+,15-,16-,18?,22?/m1/s1. The quantitative estimate of drug-likeness (QED) is 0.595. The number of nitrogens with one attached hydrogen (secondary N) is 3. The van der Waals surface area contributed by atoms with Gasteiger partial charge in [0, 0.05) is 18.4 Å². The molecule has 162 valence electrons. The SMILES string of the molecule is CCCC[C@@H]1NC[C@H](C(=O)C23CCCC(=O)[C@@H](C2)NC(=O)C3[C@H](C)CC)NC1=O. The summed E-state index contributed by atoms with van der Waals surface area (Å²) in [5.41, 5.74) is -0.884. The first-order valence-electron chi connectivity index (χ1n) is 11.2. The van der Waals surface area contributed by atoms with Gasteiger partial charge in [-0.15, -0.1) is 0 Å². The number of carbonyl (C=O) groups is 4. The lowest BCUT2D eigenvalue weighted by molar-refractivity contribution is -0.153. The van der Waals surface area contributed by atoms with Crippen LogP contribution in [-0.4, -0.2) is 48.1 Å². The fourth-order valence-corrected chi connectivity index (χ4v) is 5.50. The van der Waals surface area contributed by atoms with E-state index < -0.39 is 23.4 Å². The first-order valence-corrected chi connectivity index (χ1v) is 11.2. The summed E-state index contributed by atoms with van der Waals surface area (Å²) < 4.78 is 0. The van der Waals surface area contributed by atoms with Gasteiger partial charge in [0.2, 0.25) is 11.8 Å². The van der Waals surface area contributed by atoms with Gasteiger partial charge in [-0.2, -0.15) is 0 Å². The van der Waals surface area contributed by atoms with E-state index in [1.54, 1.807) is 0 Å². The lowest BCUT2D eigenvalue weighted by atomic mass is 9.58. The number of piperazine rings is 1. The van der Waals surface area contributed by atoms with E-state index in [9.17, 15) is 19.2 Å². The van der Waals surface area contributed by atoms with Gasteiger partial charge < -0.3 is 16.0 Å². The van der Waals surface area contributed by atoms with Crippen LogP contribution in [0.25, 0.3) is 0 Å². The molecule has 7 nitrogen and oxygen atoms in total. The van der Waals surface area contributed by atoms with Crippen molar-refractivity contribution in [2.75, 3.05) is 6.54 Å². The second-order valence-corrected chi connectivity index (χ2v) is 9.13. The van der Waals surface area contributed by atoms with Crippen LogP contribution >= 0.6 is 0 Å². The lowest BCUT2D eigenvalue weighted by Gasteiger charge is -2.48. The Morgan fingerprint density at radius 3 is 2.59 bits per heavy atom. The highest BCUT2D eigenvalue weighted by Gasteiger charge is 2.58. The molecular formula is C22H35N3O4. The molecule has 2 heterocycles. The Kier molecular flexibility index (Phi) is 6.76. The zero-order valence-electron chi connectivity index (χ0n) is 17.9. The van der Waals surface area contributed by atoms with E-state index in [2.05, 4.69) is 22.9 Å². The molecule has 0 spiro atoms. The molecule has 1 aliphatic carbocycles. The molecule has 3 N–H and O–H groups in total. The number of hydrogen-bond acceptors (Lipinski definition) is 5. The molecule has 2 amide bonds. The van der Waals surface area contributed by atoms with Gasteiger partial charge in [-0.05, 0) is 31.6 Å². The Hall–Kier alpha value is -1.76. The zero-order chi connectivity index (χ0) is 21.2. The molecule has 29 heavy (non-hydrogen) atoms. The monoisotopic (exact) mass is 405 g/mol. The van der Waals surface area contributed by atoms with E-state index in [-0.39, 0.29) is 35.3 Å². The average molecular weight is 406 g/mol. The van der Waals surface area contributed by atoms with Crippen LogP contribution in [0.3, 0.4) is 0 Å². The van der Waals surface area contributed by atoms with Crippen molar-refractivity contribution in [1.29, 1.82) is 0 Å². The number of amides is 2. The summed E-state index contributed by atoms with van der Waals surface area (Å²) in [4.78, 5) is 51.9. The molecule has 0 radical (unpaired) electrons. The van der Waals surface area contributed by atoms with E-state index in [1.807, 2.05) is 13.8 Å². The second-order valence-electron chi connectivity index (χ2n) is 9.13. The molecule has 2 unspecified atom stereocenters. The van der Waals surface area contributed by atoms with Crippen molar-refractivity contribution >= 4 is 23.4 Å². The molecule has 0 aromatic rings. The third-order valence-electron chi connectivity index (χ3n) is 7.27. The van der Waals surface area contributed by atoms with Crippen molar-refractivity contribution in [2.24, 2.45) is 17.3 Å². The second kappa shape index (κ2) is 8.94. The summed E-state index contributed by atoms with van der Waals surface area (Å²) in [6.07, 6.45) is 5.38. The minimum absolute atomic E-state index is 0.0149. The Balaban J connectivity index is 1.87. The number of hydrogen-bond donors (Lipinski definition) is 3. The van der Waals surface area contributed by atoms with Gasteiger partial charge in [-0.1, -0.05) is 40.0 Å². The highest BCUT2D eigenvalue weighted by Crippen LogP contribution is 2.49. The van der Waals surface area contributed by atoms with Crippen molar-refractivity contribution < 1.29 is 19.2 Å². The number of Topliss-reactive ketones (excluding diaryl/α,β-unsaturated/α-hetero) is 2. The zero-order valence-corrected chi connectivity index (χ0v) is 17.9. The van der Waals surface area contributed by atoms with Crippen LogP contribution in [0.5, 0.6) is 0 Å². The van der Waals surface area contributed by atoms with Crippen LogP contribution in [0, 0.1) is 17.3 Å². The van der Waals surface area contributed by atoms with Crippen LogP contribution in [0.2, 0.25) is 0 Å². The Morgan fingerprint density at radius 2 is 1.93 bits per heavy atom. The molecular weight excluding hydrogens is 370 g/mol. The number of rotatable bonds is 7. The third-order valence-corrected chi connectivity index (χ3v) is 7.27. The van der Waals surface area contributed by atoms with Crippen LogP contribution in [0.1, 0.15) is 72.1 Å². The molecule has 0 aromatic carbocycles. The van der Waals surface area contributed by atoms with Gasteiger partial charge in [-0.25, -0.2) is 0 Å². The molecule has 0 aromatic heterocycles. The normalized spacial score (nSPS) is 36.0. The third kappa shape index (κ3) is 4.11. The van der Waals surface area contributed by atoms with E-state index in [0.717, 1.165) is 25.7 Å². The van der Waals surface area contributed by atoms with Crippen LogP contribution in [-0.2, 0) is 19.2 Å². The van der Waals surface area contributed by atoms with Crippen LogP contribution in [0.15, 0.2) is 0 Å². The Labute approximate surface area is 173 Å². The van der Waals surface area contributed by atoms with Gasteiger partial charge in [0.1, 0.15) is 6.04 Å². The summed E-state index contributed by atoms with van der Waals surface area (Å²) in [5.74, 6) is -0.820. The van der Waals surface area contributed by atoms with Gasteiger partial charge in [0.05, 0.1) is 18.0 Å². The molecule has 2 aliphatic heterocycles. The van der Waals surface area contributed by atoms with Crippen molar-refractivity contribution in [3.05, 3.63) is 0 Å². The smallest absolute Gasteiger partial charge is 0.237 e. The topological polar surface area (TPSA) is 104 Å². The highest BCUT2D eigenvalue weighted by atomic mass is 16.2. The predicted molar refractivity (Wildman–Crippen MR) is 109 cm³/mol. The van der Waals surface area contributed by atoms with Gasteiger partial charge >= 0.3 is 0 Å². The van der Waals surface area contributed by atoms with Gasteiger partial charge in [0.25, 0.3) is 0 Å². The molecule has 3 fully saturated rings. The summed E-state index contributed by atoms with van der Waals surface area (Å²) in [7, 11) is 0. The minimum Gasteiger partial charge on any atom is -0.346 e. The summed E-state index contributed by atoms with van der Waals surface area (Å²) >= 11 is 0. The van der Waals surface area contributed by atoms with Crippen LogP contribution < -0.4 is 16.0 Å². The largest absolute Gasteiger partial charge is 0.346 e. The molecule has 3 aliphatic rings. The summed E-state index contributed by atoms with van der Waals surface area (Å²) in [6, 6.07) is -1.49. The molecule has 7 heteroatoms. The van der Waals surface area contributed by atoms with E-state index in [1.165, 1.54) is 0 Å². The molecule has 2 saturated heterocycles. The minimum atomic E-state index is -0.884. The summed E-state index contributed by atoms with van der Waals surface area (Å²) in [6.45, 7) is 6.49. The van der Waals surface area contributed by atoms with Crippen molar-refractivity contribution in [2.45, 2.75) is 90.3 Å². The molecule has 1 saturated carbocycles. The van der Waals surface area contributed by atoms with E-state index in [4.69, 9.17) is 0 Å². The number of piperidine rings is 1.